The highest BCUT2D eigenvalue weighted by Crippen LogP contribution is 2.27. The number of carbonyl (C=O) groups is 1. The van der Waals surface area contributed by atoms with E-state index in [9.17, 15) is 9.18 Å². The van der Waals surface area contributed by atoms with Crippen LogP contribution in [0.1, 0.15) is 23.7 Å². The summed E-state index contributed by atoms with van der Waals surface area (Å²) in [6.45, 7) is 1.97. The Morgan fingerprint density at radius 3 is 2.83 bits per heavy atom. The van der Waals surface area contributed by atoms with E-state index in [1.54, 1.807) is 11.8 Å². The zero-order valence-corrected chi connectivity index (χ0v) is 12.6. The van der Waals surface area contributed by atoms with Gasteiger partial charge < -0.3 is 10.4 Å². The summed E-state index contributed by atoms with van der Waals surface area (Å²) in [7, 11) is 0. The number of aromatic carboxylic acids is 1. The summed E-state index contributed by atoms with van der Waals surface area (Å²) in [6.07, 6.45) is 2.93. The maximum atomic E-state index is 13.9. The van der Waals surface area contributed by atoms with Gasteiger partial charge in [0.25, 0.3) is 0 Å². The predicted molar refractivity (Wildman–Crippen MR) is 77.1 cm³/mol. The van der Waals surface area contributed by atoms with Crippen molar-refractivity contribution in [2.24, 2.45) is 0 Å². The molecule has 0 fully saturated rings. The molecule has 2 N–H and O–H groups in total. The van der Waals surface area contributed by atoms with Crippen LogP contribution in [-0.4, -0.2) is 29.1 Å². The van der Waals surface area contributed by atoms with Gasteiger partial charge in [-0.05, 0) is 53.4 Å². The summed E-state index contributed by atoms with van der Waals surface area (Å²) in [4.78, 5) is 10.8. The van der Waals surface area contributed by atoms with Gasteiger partial charge in [-0.15, -0.1) is 0 Å². The number of carboxylic acid groups (broad SMARTS) is 1. The molecule has 0 heterocycles. The van der Waals surface area contributed by atoms with Gasteiger partial charge in [-0.25, -0.2) is 9.18 Å². The molecule has 0 radical (unpaired) electrons. The zero-order chi connectivity index (χ0) is 13.7. The van der Waals surface area contributed by atoms with E-state index >= 15 is 0 Å². The Labute approximate surface area is 118 Å². The van der Waals surface area contributed by atoms with E-state index in [-0.39, 0.29) is 16.1 Å². The lowest BCUT2D eigenvalue weighted by Gasteiger charge is -2.16. The number of carboxylic acids is 1. The van der Waals surface area contributed by atoms with Crippen molar-refractivity contribution >= 4 is 39.3 Å². The predicted octanol–water partition coefficient (Wildman–Crippen LogP) is 3.84. The maximum Gasteiger partial charge on any atom is 0.336 e. The minimum atomic E-state index is -1.15. The number of nitrogens with one attached hydrogen (secondary N) is 1. The standard InChI is InChI=1S/C12H15BrFNO2S/c1-7(5-6-18-2)15-9-4-3-8(12(16)17)10(13)11(9)14/h3-4,7,15H,5-6H2,1-2H3,(H,16,17). The number of benzene rings is 1. The van der Waals surface area contributed by atoms with Crippen LogP contribution >= 0.6 is 27.7 Å². The normalized spacial score (nSPS) is 12.2. The van der Waals surface area contributed by atoms with Crippen molar-refractivity contribution < 1.29 is 14.3 Å². The number of thioether (sulfide) groups is 1. The molecule has 1 unspecified atom stereocenters. The second kappa shape index (κ2) is 6.99. The Kier molecular flexibility index (Phi) is 5.95. The molecule has 3 nitrogen and oxygen atoms in total. The topological polar surface area (TPSA) is 49.3 Å². The fourth-order valence-corrected chi connectivity index (χ4v) is 2.56. The zero-order valence-electron chi connectivity index (χ0n) is 10.2. The van der Waals surface area contributed by atoms with E-state index < -0.39 is 11.8 Å². The average Bonchev–Trinajstić information content (AvgIpc) is 2.32. The lowest BCUT2D eigenvalue weighted by molar-refractivity contribution is 0.0695. The quantitative estimate of drug-likeness (QED) is 0.829. The molecule has 0 saturated heterocycles. The Morgan fingerprint density at radius 2 is 2.28 bits per heavy atom. The lowest BCUT2D eigenvalue weighted by Crippen LogP contribution is -2.17. The molecule has 0 aliphatic rings. The van der Waals surface area contributed by atoms with Crippen molar-refractivity contribution in [3.05, 3.63) is 28.0 Å². The Morgan fingerprint density at radius 1 is 1.61 bits per heavy atom. The summed E-state index contributed by atoms with van der Waals surface area (Å²) >= 11 is 4.71. The fraction of sp³-hybridized carbons (Fsp3) is 0.417. The van der Waals surface area contributed by atoms with Gasteiger partial charge in [0, 0.05) is 6.04 Å². The van der Waals surface area contributed by atoms with E-state index in [4.69, 9.17) is 5.11 Å². The Bertz CT molecular complexity index is 442. The van der Waals surface area contributed by atoms with Crippen LogP contribution in [-0.2, 0) is 0 Å². The first kappa shape index (κ1) is 15.3. The fourth-order valence-electron chi connectivity index (χ4n) is 1.46. The first-order valence-electron chi connectivity index (χ1n) is 5.44. The number of hydrogen-bond acceptors (Lipinski definition) is 3. The maximum absolute atomic E-state index is 13.9. The molecular weight excluding hydrogens is 321 g/mol. The van der Waals surface area contributed by atoms with E-state index in [2.05, 4.69) is 21.2 Å². The van der Waals surface area contributed by atoms with Crippen LogP contribution in [0.15, 0.2) is 16.6 Å². The van der Waals surface area contributed by atoms with Crippen molar-refractivity contribution in [2.45, 2.75) is 19.4 Å². The Balaban J connectivity index is 2.85. The highest BCUT2D eigenvalue weighted by Gasteiger charge is 2.16. The molecule has 0 amide bonds. The van der Waals surface area contributed by atoms with Crippen molar-refractivity contribution in [3.8, 4) is 0 Å². The van der Waals surface area contributed by atoms with Gasteiger partial charge in [0.15, 0.2) is 5.82 Å². The van der Waals surface area contributed by atoms with Crippen LogP contribution in [0.4, 0.5) is 10.1 Å². The van der Waals surface area contributed by atoms with Crippen LogP contribution in [0.3, 0.4) is 0 Å². The van der Waals surface area contributed by atoms with E-state index in [0.717, 1.165) is 12.2 Å². The molecule has 1 atom stereocenters. The van der Waals surface area contributed by atoms with Crippen LogP contribution < -0.4 is 5.32 Å². The van der Waals surface area contributed by atoms with E-state index in [0.29, 0.717) is 5.69 Å². The van der Waals surface area contributed by atoms with Crippen molar-refractivity contribution in [1.29, 1.82) is 0 Å². The third kappa shape index (κ3) is 3.88. The monoisotopic (exact) mass is 335 g/mol. The molecule has 0 saturated carbocycles. The highest BCUT2D eigenvalue weighted by molar-refractivity contribution is 9.10. The van der Waals surface area contributed by atoms with Crippen molar-refractivity contribution in [2.75, 3.05) is 17.3 Å². The third-order valence-electron chi connectivity index (χ3n) is 2.47. The van der Waals surface area contributed by atoms with Crippen LogP contribution in [0, 0.1) is 5.82 Å². The average molecular weight is 336 g/mol. The van der Waals surface area contributed by atoms with Crippen LogP contribution in [0.5, 0.6) is 0 Å². The summed E-state index contributed by atoms with van der Waals surface area (Å²) < 4.78 is 13.9. The summed E-state index contributed by atoms with van der Waals surface area (Å²) in [5.74, 6) is -0.724. The molecular formula is C12H15BrFNO2S. The minimum absolute atomic E-state index is 0.0166. The number of anilines is 1. The van der Waals surface area contributed by atoms with Crippen LogP contribution in [0.25, 0.3) is 0 Å². The van der Waals surface area contributed by atoms with Gasteiger partial charge in [-0.3, -0.25) is 0 Å². The first-order valence-corrected chi connectivity index (χ1v) is 7.62. The van der Waals surface area contributed by atoms with Gasteiger partial charge in [-0.2, -0.15) is 11.8 Å². The smallest absolute Gasteiger partial charge is 0.336 e. The number of rotatable bonds is 6. The third-order valence-corrected chi connectivity index (χ3v) is 3.89. The van der Waals surface area contributed by atoms with Gasteiger partial charge in [-0.1, -0.05) is 0 Å². The summed E-state index contributed by atoms with van der Waals surface area (Å²) in [5.41, 5.74) is 0.246. The van der Waals surface area contributed by atoms with Gasteiger partial charge in [0.1, 0.15) is 0 Å². The van der Waals surface area contributed by atoms with E-state index in [1.807, 2.05) is 13.2 Å². The number of hydrogen-bond donors (Lipinski definition) is 2. The van der Waals surface area contributed by atoms with Crippen molar-refractivity contribution in [1.82, 2.24) is 0 Å². The van der Waals surface area contributed by atoms with Crippen molar-refractivity contribution in [3.63, 3.8) is 0 Å². The largest absolute Gasteiger partial charge is 0.478 e. The molecule has 1 aromatic carbocycles. The summed E-state index contributed by atoms with van der Waals surface area (Å²) in [6, 6.07) is 2.98. The summed E-state index contributed by atoms with van der Waals surface area (Å²) in [5, 5.41) is 11.9. The van der Waals surface area contributed by atoms with Gasteiger partial charge in [0.05, 0.1) is 15.7 Å². The lowest BCUT2D eigenvalue weighted by atomic mass is 10.1. The SMILES string of the molecule is CSCCC(C)Nc1ccc(C(=O)O)c(Br)c1F. The van der Waals surface area contributed by atoms with E-state index in [1.165, 1.54) is 12.1 Å². The van der Waals surface area contributed by atoms with Gasteiger partial charge >= 0.3 is 5.97 Å². The highest BCUT2D eigenvalue weighted by atomic mass is 79.9. The molecule has 6 heteroatoms. The molecule has 0 aliphatic heterocycles. The van der Waals surface area contributed by atoms with Crippen LogP contribution in [0.2, 0.25) is 0 Å². The molecule has 18 heavy (non-hydrogen) atoms. The molecule has 1 aromatic rings. The first-order chi connectivity index (χ1) is 8.47. The molecule has 0 spiro atoms. The molecule has 1 rings (SSSR count). The molecule has 0 aliphatic carbocycles. The second-order valence-corrected chi connectivity index (χ2v) is 5.70. The Hall–Kier alpha value is -0.750. The number of halogens is 2. The molecule has 100 valence electrons. The minimum Gasteiger partial charge on any atom is -0.478 e. The molecule has 0 bridgehead atoms. The second-order valence-electron chi connectivity index (χ2n) is 3.92. The molecule has 0 aromatic heterocycles. The van der Waals surface area contributed by atoms with Gasteiger partial charge in [0.2, 0.25) is 0 Å².